The summed E-state index contributed by atoms with van der Waals surface area (Å²) in [5.74, 6) is 0.623. The average molecular weight is 334 g/mol. The van der Waals surface area contributed by atoms with E-state index in [0.717, 1.165) is 23.5 Å². The summed E-state index contributed by atoms with van der Waals surface area (Å²) in [5, 5.41) is 10.8. The van der Waals surface area contributed by atoms with Gasteiger partial charge in [-0.1, -0.05) is 30.3 Å². The number of fused-ring (bicyclic) bond motifs is 1. The summed E-state index contributed by atoms with van der Waals surface area (Å²) >= 11 is 0. The number of hydrogen-bond donors (Lipinski definition) is 1. The van der Waals surface area contributed by atoms with Crippen molar-refractivity contribution in [2.75, 3.05) is 11.9 Å². The van der Waals surface area contributed by atoms with Crippen LogP contribution in [0.2, 0.25) is 0 Å². The van der Waals surface area contributed by atoms with Crippen LogP contribution in [0.5, 0.6) is 0 Å². The molecule has 25 heavy (non-hydrogen) atoms. The summed E-state index contributed by atoms with van der Waals surface area (Å²) in [5.41, 5.74) is 3.72. The fourth-order valence-electron chi connectivity index (χ4n) is 3.10. The third-order valence-electron chi connectivity index (χ3n) is 4.34. The van der Waals surface area contributed by atoms with Crippen LogP contribution in [0.4, 0.5) is 5.69 Å². The Bertz CT molecular complexity index is 919. The minimum Gasteiger partial charge on any atom is -0.363 e. The van der Waals surface area contributed by atoms with Crippen LogP contribution in [0.1, 0.15) is 23.1 Å². The molecule has 0 fully saturated rings. The predicted molar refractivity (Wildman–Crippen MR) is 93.6 cm³/mol. The third kappa shape index (κ3) is 3.04. The van der Waals surface area contributed by atoms with Crippen molar-refractivity contribution in [3.8, 4) is 5.69 Å². The van der Waals surface area contributed by atoms with Crippen LogP contribution in [0.3, 0.4) is 0 Å². The maximum atomic E-state index is 12.7. The molecule has 6 nitrogen and oxygen atoms in total. The van der Waals surface area contributed by atoms with E-state index in [4.69, 9.17) is 4.74 Å². The quantitative estimate of drug-likeness (QED) is 0.800. The molecule has 1 atom stereocenters. The molecule has 4 rings (SSSR count). The van der Waals surface area contributed by atoms with Gasteiger partial charge in [0.2, 0.25) is 0 Å². The summed E-state index contributed by atoms with van der Waals surface area (Å²) in [6.07, 6.45) is 1.91. The largest absolute Gasteiger partial charge is 0.363 e. The first-order chi connectivity index (χ1) is 12.2. The molecule has 0 unspecified atom stereocenters. The van der Waals surface area contributed by atoms with E-state index in [-0.39, 0.29) is 5.91 Å². The number of carbonyl (C=O) groups is 1. The Balaban J connectivity index is 1.57. The second-order valence-corrected chi connectivity index (χ2v) is 5.99. The van der Waals surface area contributed by atoms with E-state index in [0.29, 0.717) is 12.3 Å². The number of nitrogens with one attached hydrogen (secondary N) is 1. The molecular formula is C19H18N4O2. The first kappa shape index (κ1) is 15.5. The fraction of sp³-hybridized carbons (Fsp3) is 0.211. The highest BCUT2D eigenvalue weighted by Crippen LogP contribution is 2.28. The summed E-state index contributed by atoms with van der Waals surface area (Å²) in [4.78, 5) is 12.7. The van der Waals surface area contributed by atoms with Crippen molar-refractivity contribution in [1.29, 1.82) is 0 Å². The van der Waals surface area contributed by atoms with E-state index in [2.05, 4.69) is 15.5 Å². The van der Waals surface area contributed by atoms with E-state index < -0.39 is 6.10 Å². The predicted octanol–water partition coefficient (Wildman–Crippen LogP) is 2.83. The number of rotatable bonds is 3. The lowest BCUT2D eigenvalue weighted by atomic mass is 9.97. The molecule has 2 heterocycles. The Labute approximate surface area is 145 Å². The lowest BCUT2D eigenvalue weighted by molar-refractivity contribution is -0.128. The topological polar surface area (TPSA) is 69.0 Å². The number of carbonyl (C=O) groups excluding carboxylic acids is 1. The van der Waals surface area contributed by atoms with E-state index in [1.807, 2.05) is 60.0 Å². The van der Waals surface area contributed by atoms with E-state index in [9.17, 15) is 4.79 Å². The third-order valence-corrected chi connectivity index (χ3v) is 4.34. The van der Waals surface area contributed by atoms with Gasteiger partial charge in [0.25, 0.3) is 5.91 Å². The van der Waals surface area contributed by atoms with Gasteiger partial charge in [0.05, 0.1) is 12.3 Å². The van der Waals surface area contributed by atoms with Crippen molar-refractivity contribution in [3.05, 3.63) is 71.8 Å². The smallest absolute Gasteiger partial charge is 0.258 e. The number of nitrogens with zero attached hydrogens (tertiary/aromatic N) is 3. The van der Waals surface area contributed by atoms with Gasteiger partial charge >= 0.3 is 0 Å². The minimum atomic E-state index is -0.578. The normalized spacial score (nSPS) is 16.3. The highest BCUT2D eigenvalue weighted by Gasteiger charge is 2.27. The van der Waals surface area contributed by atoms with Crippen molar-refractivity contribution in [1.82, 2.24) is 14.8 Å². The molecule has 3 aromatic rings. The lowest BCUT2D eigenvalue weighted by Gasteiger charge is -2.25. The number of aryl methyl sites for hydroxylation is 1. The van der Waals surface area contributed by atoms with Gasteiger partial charge in [-0.05, 0) is 42.7 Å². The van der Waals surface area contributed by atoms with Gasteiger partial charge in [-0.2, -0.15) is 0 Å². The number of amides is 1. The zero-order chi connectivity index (χ0) is 17.2. The van der Waals surface area contributed by atoms with E-state index >= 15 is 0 Å². The van der Waals surface area contributed by atoms with Crippen molar-refractivity contribution in [2.24, 2.45) is 0 Å². The Morgan fingerprint density at radius 1 is 1.24 bits per heavy atom. The number of benzene rings is 2. The molecule has 1 N–H and O–H groups in total. The zero-order valence-corrected chi connectivity index (χ0v) is 13.8. The summed E-state index contributed by atoms with van der Waals surface area (Å²) in [6.45, 7) is 2.43. The molecular weight excluding hydrogens is 316 g/mol. The Morgan fingerprint density at radius 2 is 2.12 bits per heavy atom. The molecule has 1 aliphatic heterocycles. The molecule has 1 aliphatic rings. The Kier molecular flexibility index (Phi) is 4.03. The van der Waals surface area contributed by atoms with Crippen molar-refractivity contribution < 1.29 is 9.53 Å². The maximum absolute atomic E-state index is 12.7. The van der Waals surface area contributed by atoms with Crippen LogP contribution in [-0.4, -0.2) is 27.3 Å². The monoisotopic (exact) mass is 334 g/mol. The van der Waals surface area contributed by atoms with Gasteiger partial charge in [0, 0.05) is 5.69 Å². The number of anilines is 1. The second-order valence-electron chi connectivity index (χ2n) is 5.99. The molecule has 1 amide bonds. The first-order valence-electron chi connectivity index (χ1n) is 8.20. The summed E-state index contributed by atoms with van der Waals surface area (Å²) in [7, 11) is 0. The Morgan fingerprint density at radius 3 is 2.96 bits per heavy atom. The molecule has 126 valence electrons. The molecule has 6 heteroatoms. The van der Waals surface area contributed by atoms with Crippen molar-refractivity contribution >= 4 is 11.6 Å². The maximum Gasteiger partial charge on any atom is 0.258 e. The van der Waals surface area contributed by atoms with Gasteiger partial charge in [-0.15, -0.1) is 10.2 Å². The van der Waals surface area contributed by atoms with Crippen molar-refractivity contribution in [3.63, 3.8) is 0 Å². The molecule has 0 saturated carbocycles. The second kappa shape index (κ2) is 6.49. The summed E-state index contributed by atoms with van der Waals surface area (Å²) in [6, 6.07) is 15.5. The molecule has 1 aromatic heterocycles. The van der Waals surface area contributed by atoms with Gasteiger partial charge in [0.15, 0.2) is 6.10 Å². The molecule has 0 bridgehead atoms. The van der Waals surface area contributed by atoms with Crippen LogP contribution in [0, 0.1) is 6.92 Å². The molecule has 0 saturated heterocycles. The average Bonchev–Trinajstić information content (AvgIpc) is 3.07. The van der Waals surface area contributed by atoms with Crippen molar-refractivity contribution in [2.45, 2.75) is 19.4 Å². The van der Waals surface area contributed by atoms with Crippen LogP contribution >= 0.6 is 0 Å². The molecule has 0 radical (unpaired) electrons. The standard InChI is InChI=1S/C19H18N4O2/c1-13-22-20-12-23(13)16-7-4-6-15(11-16)21-19(24)18-17-8-3-2-5-14(17)9-10-25-18/h2-8,11-12,18H,9-10H2,1H3,(H,21,24)/t18-/m1/s1. The molecule has 0 spiro atoms. The van der Waals surface area contributed by atoms with Crippen LogP contribution in [-0.2, 0) is 16.0 Å². The Hall–Kier alpha value is -2.99. The first-order valence-corrected chi connectivity index (χ1v) is 8.20. The highest BCUT2D eigenvalue weighted by atomic mass is 16.5. The number of ether oxygens (including phenoxy) is 1. The molecule has 2 aromatic carbocycles. The van der Waals surface area contributed by atoms with Gasteiger partial charge in [0.1, 0.15) is 12.2 Å². The highest BCUT2D eigenvalue weighted by molar-refractivity contribution is 5.95. The van der Waals surface area contributed by atoms with Gasteiger partial charge in [-0.3, -0.25) is 9.36 Å². The van der Waals surface area contributed by atoms with Gasteiger partial charge in [-0.25, -0.2) is 0 Å². The zero-order valence-electron chi connectivity index (χ0n) is 13.8. The van der Waals surface area contributed by atoms with Crippen LogP contribution < -0.4 is 5.32 Å². The SMILES string of the molecule is Cc1nncn1-c1cccc(NC(=O)[C@@H]2OCCc3ccccc32)c1. The minimum absolute atomic E-state index is 0.162. The van der Waals surface area contributed by atoms with Gasteiger partial charge < -0.3 is 10.1 Å². The van der Waals surface area contributed by atoms with E-state index in [1.165, 1.54) is 5.56 Å². The van der Waals surface area contributed by atoms with Crippen LogP contribution in [0.25, 0.3) is 5.69 Å². The summed E-state index contributed by atoms with van der Waals surface area (Å²) < 4.78 is 7.59. The van der Waals surface area contributed by atoms with E-state index in [1.54, 1.807) is 6.33 Å². The van der Waals surface area contributed by atoms with Crippen LogP contribution in [0.15, 0.2) is 54.9 Å². The molecule has 0 aliphatic carbocycles. The number of hydrogen-bond acceptors (Lipinski definition) is 4. The fourth-order valence-corrected chi connectivity index (χ4v) is 3.10. The number of aromatic nitrogens is 3. The lowest BCUT2D eigenvalue weighted by Crippen LogP contribution is -2.28.